The number of rotatable bonds is 6. The second-order valence-electron chi connectivity index (χ2n) is 24.2. The van der Waals surface area contributed by atoms with Gasteiger partial charge in [0.1, 0.15) is 11.8 Å². The number of hydrogen-bond acceptors (Lipinski definition) is 7. The molecule has 0 amide bonds. The summed E-state index contributed by atoms with van der Waals surface area (Å²) < 4.78 is 11.3. The van der Waals surface area contributed by atoms with Crippen LogP contribution < -0.4 is 5.35 Å². The Morgan fingerprint density at radius 3 is 1.67 bits per heavy atom. The smallest absolute Gasteiger partial charge is 0.357 e. The van der Waals surface area contributed by atoms with Crippen molar-refractivity contribution in [3.05, 3.63) is 139 Å². The molecule has 3 aliphatic carbocycles. The summed E-state index contributed by atoms with van der Waals surface area (Å²) in [5.41, 5.74) is 10.6. The molecule has 0 saturated heterocycles. The maximum absolute atomic E-state index is 14.4. The molecule has 7 aromatic rings. The van der Waals surface area contributed by atoms with Crippen molar-refractivity contribution in [3.8, 4) is 33.6 Å². The molecule has 10 nitrogen and oxygen atoms in total. The summed E-state index contributed by atoms with van der Waals surface area (Å²) in [5.74, 6) is -2.01. The summed E-state index contributed by atoms with van der Waals surface area (Å²) in [4.78, 5) is 57.6. The number of aliphatic hydroxyl groups is 1. The number of hydrogen-bond donors (Lipinski definition) is 4. The fourth-order valence-corrected chi connectivity index (χ4v) is 11.2. The van der Waals surface area contributed by atoms with Crippen molar-refractivity contribution < 1.29 is 29.0 Å². The number of carbonyl (C=O) groups is 3. The van der Waals surface area contributed by atoms with E-state index in [0.29, 0.717) is 38.8 Å². The number of nitrogens with zero attached hydrogens (tertiary/aromatic N) is 1. The highest BCUT2D eigenvalue weighted by Gasteiger charge is 2.47. The highest BCUT2D eigenvalue weighted by molar-refractivity contribution is 6.27. The lowest BCUT2D eigenvalue weighted by atomic mass is 9.73. The standard InChI is InChI=1S/C62H64N4O6/c1-15-71-57(69)53-47-37-27-33(61(9,10)11)23-29-21-31(59(3,4)5)25-35(43(29)37)45(47)51(65-53)41-19-17-39(63-41)49-55(67)50(56(49)68)40-18-20-42(64-40)52-46-36-26-32(60(6,7)8)22-30-24-34(62(12,13)14)28-38(44(30)36)48(46)54(66-52)58(70)72-16-2/h17-28,49,55,63-65,67H,15-16H2,1-14H3/b50-40+,52-42?. The molecule has 2 atom stereocenters. The molecule has 1 aliphatic heterocycles. The summed E-state index contributed by atoms with van der Waals surface area (Å²) >= 11 is 0. The second-order valence-corrected chi connectivity index (χ2v) is 24.2. The first-order valence-corrected chi connectivity index (χ1v) is 25.4. The second kappa shape index (κ2) is 15.7. The van der Waals surface area contributed by atoms with Gasteiger partial charge in [-0.3, -0.25) is 4.79 Å². The molecule has 10 heteroatoms. The monoisotopic (exact) mass is 960 g/mol. The third-order valence-corrected chi connectivity index (χ3v) is 15.2. The van der Waals surface area contributed by atoms with E-state index in [9.17, 15) is 19.5 Å². The summed E-state index contributed by atoms with van der Waals surface area (Å²) in [6.45, 7) is 30.4. The molecule has 11 rings (SSSR count). The van der Waals surface area contributed by atoms with Crippen molar-refractivity contribution in [2.45, 2.75) is 131 Å². The van der Waals surface area contributed by atoms with Crippen LogP contribution in [0.3, 0.4) is 0 Å². The molecule has 4 aliphatic rings. The van der Waals surface area contributed by atoms with E-state index in [1.54, 1.807) is 13.8 Å². The molecule has 0 radical (unpaired) electrons. The van der Waals surface area contributed by atoms with Gasteiger partial charge in [-0.05, 0) is 150 Å². The van der Waals surface area contributed by atoms with Gasteiger partial charge in [0.25, 0.3) is 0 Å². The highest BCUT2D eigenvalue weighted by atomic mass is 16.5. The molecular formula is C62H64N4O6. The zero-order valence-corrected chi connectivity index (χ0v) is 43.9. The molecule has 1 fully saturated rings. The van der Waals surface area contributed by atoms with Crippen molar-refractivity contribution in [3.63, 3.8) is 0 Å². The van der Waals surface area contributed by atoms with Crippen LogP contribution in [0, 0.1) is 21.1 Å². The lowest BCUT2D eigenvalue weighted by Gasteiger charge is -2.32. The summed E-state index contributed by atoms with van der Waals surface area (Å²) in [7, 11) is 0. The fourth-order valence-electron chi connectivity index (χ4n) is 11.2. The zero-order valence-electron chi connectivity index (χ0n) is 43.9. The molecule has 1 saturated carbocycles. The van der Waals surface area contributed by atoms with Gasteiger partial charge in [-0.25, -0.2) is 14.6 Å². The normalized spacial score (nSPS) is 17.5. The third-order valence-electron chi connectivity index (χ3n) is 15.2. The minimum absolute atomic E-state index is 0.153. The van der Waals surface area contributed by atoms with E-state index in [0.717, 1.165) is 81.7 Å². The number of esters is 2. The van der Waals surface area contributed by atoms with E-state index in [1.165, 1.54) is 5.56 Å². The Morgan fingerprint density at radius 1 is 0.597 bits per heavy atom. The van der Waals surface area contributed by atoms with E-state index < -0.39 is 24.0 Å². The minimum Gasteiger partial charge on any atom is -0.461 e. The van der Waals surface area contributed by atoms with E-state index in [1.807, 2.05) is 24.3 Å². The summed E-state index contributed by atoms with van der Waals surface area (Å²) in [6, 6.07) is 25.4. The average molecular weight is 961 g/mol. The molecule has 0 bridgehead atoms. The Labute approximate surface area is 418 Å². The molecule has 4 aromatic carbocycles. The largest absolute Gasteiger partial charge is 0.461 e. The quantitative estimate of drug-likeness (QED) is 0.121. The van der Waals surface area contributed by atoms with Gasteiger partial charge in [-0.2, -0.15) is 0 Å². The van der Waals surface area contributed by atoms with Gasteiger partial charge in [-0.15, -0.1) is 0 Å². The van der Waals surface area contributed by atoms with Crippen LogP contribution in [0.2, 0.25) is 0 Å². The molecule has 2 unspecified atom stereocenters. The van der Waals surface area contributed by atoms with Gasteiger partial charge in [0.15, 0.2) is 11.5 Å². The van der Waals surface area contributed by atoms with Crippen molar-refractivity contribution in [1.82, 2.24) is 19.9 Å². The number of aromatic nitrogens is 4. The number of ether oxygens (including phenoxy) is 2. The van der Waals surface area contributed by atoms with Crippen molar-refractivity contribution in [2.75, 3.05) is 13.2 Å². The summed E-state index contributed by atoms with van der Waals surface area (Å²) in [6.07, 6.45) is -1.13. The van der Waals surface area contributed by atoms with Crippen LogP contribution in [0.1, 0.15) is 152 Å². The first-order valence-electron chi connectivity index (χ1n) is 25.4. The fraction of sp³-hybridized carbons (Fsp3) is 0.355. The van der Waals surface area contributed by atoms with Crippen LogP contribution in [-0.2, 0) is 35.9 Å². The highest BCUT2D eigenvalue weighted by Crippen LogP contribution is 2.55. The Kier molecular flexibility index (Phi) is 10.3. The lowest BCUT2D eigenvalue weighted by Crippen LogP contribution is -2.45. The molecule has 0 spiro atoms. The number of benzene rings is 4. The Bertz CT molecular complexity index is 4010. The Balaban J connectivity index is 1.05. The molecule has 72 heavy (non-hydrogen) atoms. The number of H-pyrrole nitrogens is 3. The average Bonchev–Trinajstić information content (AvgIpc) is 4.16. The molecule has 3 aromatic heterocycles. The van der Waals surface area contributed by atoms with Crippen LogP contribution >= 0.6 is 0 Å². The van der Waals surface area contributed by atoms with Crippen molar-refractivity contribution in [1.29, 1.82) is 0 Å². The van der Waals surface area contributed by atoms with Gasteiger partial charge in [0, 0.05) is 38.2 Å². The van der Waals surface area contributed by atoms with Crippen LogP contribution in [-0.4, -0.2) is 62.1 Å². The number of aliphatic hydroxyl groups excluding tert-OH is 1. The van der Waals surface area contributed by atoms with E-state index in [-0.39, 0.29) is 51.9 Å². The number of ketones is 1. The van der Waals surface area contributed by atoms with Crippen LogP contribution in [0.25, 0.3) is 71.5 Å². The van der Waals surface area contributed by atoms with Gasteiger partial charge in [0.05, 0.1) is 41.2 Å². The number of Topliss-reactive ketones (excluding diaryl/α,β-unsaturated/α-hetero) is 1. The number of fused-ring (bicyclic) bond motifs is 5. The van der Waals surface area contributed by atoms with E-state index in [4.69, 9.17) is 14.5 Å². The number of nitrogens with one attached hydrogen (secondary N) is 3. The molecular weight excluding hydrogens is 897 g/mol. The minimum atomic E-state index is -1.13. The van der Waals surface area contributed by atoms with Gasteiger partial charge in [0.2, 0.25) is 0 Å². The van der Waals surface area contributed by atoms with E-state index in [2.05, 4.69) is 147 Å². The Morgan fingerprint density at radius 2 is 1.11 bits per heavy atom. The molecule has 4 N–H and O–H groups in total. The van der Waals surface area contributed by atoms with E-state index >= 15 is 0 Å². The number of aromatic amines is 3. The van der Waals surface area contributed by atoms with Crippen molar-refractivity contribution in [2.24, 2.45) is 0 Å². The van der Waals surface area contributed by atoms with Gasteiger partial charge < -0.3 is 29.5 Å². The van der Waals surface area contributed by atoms with Gasteiger partial charge in [-0.1, -0.05) is 107 Å². The Hall–Kier alpha value is -7.04. The topological polar surface area (TPSA) is 150 Å². The first kappa shape index (κ1) is 47.3. The number of carbonyl (C=O) groups excluding carboxylic acids is 3. The SMILES string of the molecule is CCOC(=O)c1[nH]c(-c2ccc(C3C(=O)/C(=c4\ccc(=c5nc(C(=O)OCC)c6c7cc(C(C)(C)C)cc8cc(C(C)(C)C)cc(c5=6)c87)[nH]4)C3O)[nH]2)c2c1-c1cc(C(C)(C)C)cc3cc(C(C)(C)C)cc-2c13. The van der Waals surface area contributed by atoms with Crippen LogP contribution in [0.5, 0.6) is 0 Å². The van der Waals surface area contributed by atoms with Gasteiger partial charge >= 0.3 is 11.9 Å². The van der Waals surface area contributed by atoms with Crippen LogP contribution in [0.15, 0.2) is 72.8 Å². The van der Waals surface area contributed by atoms with Crippen molar-refractivity contribution >= 4 is 55.6 Å². The first-order chi connectivity index (χ1) is 33.8. The predicted molar refractivity (Wildman–Crippen MR) is 286 cm³/mol. The lowest BCUT2D eigenvalue weighted by molar-refractivity contribution is -0.122. The predicted octanol–water partition coefficient (Wildman–Crippen LogP) is 12.4. The third kappa shape index (κ3) is 7.07. The molecule has 368 valence electrons. The molecule has 4 heterocycles. The zero-order chi connectivity index (χ0) is 51.5. The maximum atomic E-state index is 14.4. The summed E-state index contributed by atoms with van der Waals surface area (Å²) in [5, 5.41) is 21.6. The maximum Gasteiger partial charge on any atom is 0.357 e. The van der Waals surface area contributed by atoms with Crippen LogP contribution in [0.4, 0.5) is 0 Å².